The molecule has 0 radical (unpaired) electrons. The fraction of sp³-hybridized carbons (Fsp3) is 0.600. The van der Waals surface area contributed by atoms with Crippen LogP contribution in [0.4, 0.5) is 0 Å². The molecule has 120 valence electrons. The number of sulfonamides is 1. The van der Waals surface area contributed by atoms with Crippen LogP contribution in [0.2, 0.25) is 0 Å². The van der Waals surface area contributed by atoms with Gasteiger partial charge in [0, 0.05) is 19.1 Å². The molecule has 6 heteroatoms. The lowest BCUT2D eigenvalue weighted by Crippen LogP contribution is -2.49. The van der Waals surface area contributed by atoms with Gasteiger partial charge in [0.2, 0.25) is 10.0 Å². The van der Waals surface area contributed by atoms with E-state index >= 15 is 0 Å². The van der Waals surface area contributed by atoms with Crippen molar-refractivity contribution in [2.24, 2.45) is 11.7 Å². The number of hydrogen-bond acceptors (Lipinski definition) is 3. The van der Waals surface area contributed by atoms with Crippen molar-refractivity contribution >= 4 is 22.4 Å². The van der Waals surface area contributed by atoms with Crippen LogP contribution in [0.15, 0.2) is 23.1 Å². The number of aryl methyl sites for hydroxylation is 2. The maximum absolute atomic E-state index is 12.8. The molecule has 1 aliphatic heterocycles. The molecule has 1 fully saturated rings. The van der Waals surface area contributed by atoms with Crippen molar-refractivity contribution in [3.8, 4) is 0 Å². The van der Waals surface area contributed by atoms with Crippen molar-refractivity contribution < 1.29 is 8.42 Å². The quantitative estimate of drug-likeness (QED) is 0.924. The second kappa shape index (κ2) is 7.09. The highest BCUT2D eigenvalue weighted by molar-refractivity contribution is 7.89. The van der Waals surface area contributed by atoms with Crippen LogP contribution in [-0.2, 0) is 10.0 Å². The number of hydrogen-bond donors (Lipinski definition) is 1. The number of nitrogens with zero attached hydrogens (tertiary/aromatic N) is 1. The van der Waals surface area contributed by atoms with Crippen molar-refractivity contribution in [3.63, 3.8) is 0 Å². The third-order valence-electron chi connectivity index (χ3n) is 4.28. The Hall–Kier alpha value is -0.620. The van der Waals surface area contributed by atoms with Crippen LogP contribution in [0, 0.1) is 19.8 Å². The maximum Gasteiger partial charge on any atom is 0.243 e. The Kier molecular flexibility index (Phi) is 6.23. The average molecular weight is 333 g/mol. The Morgan fingerprint density at radius 1 is 1.29 bits per heavy atom. The highest BCUT2D eigenvalue weighted by Gasteiger charge is 2.34. The molecule has 1 aromatic rings. The Labute approximate surface area is 134 Å². The van der Waals surface area contributed by atoms with E-state index in [1.54, 1.807) is 16.4 Å². The first-order chi connectivity index (χ1) is 9.36. The minimum absolute atomic E-state index is 0. The fourth-order valence-corrected chi connectivity index (χ4v) is 4.52. The van der Waals surface area contributed by atoms with Crippen LogP contribution in [0.25, 0.3) is 0 Å². The molecule has 0 amide bonds. The number of benzene rings is 1. The molecule has 2 atom stereocenters. The first kappa shape index (κ1) is 18.4. The van der Waals surface area contributed by atoms with E-state index in [1.165, 1.54) is 0 Å². The summed E-state index contributed by atoms with van der Waals surface area (Å²) >= 11 is 0. The van der Waals surface area contributed by atoms with Gasteiger partial charge >= 0.3 is 0 Å². The lowest BCUT2D eigenvalue weighted by molar-refractivity contribution is 0.211. The SMILES string of the molecule is Cc1ccc(S(=O)(=O)N2CCC(C)CC2CN)cc1C.Cl. The molecule has 0 aliphatic carbocycles. The normalized spacial score (nSPS) is 23.6. The minimum Gasteiger partial charge on any atom is -0.329 e. The lowest BCUT2D eigenvalue weighted by atomic mass is 9.94. The van der Waals surface area contributed by atoms with Crippen molar-refractivity contribution in [2.45, 2.75) is 44.6 Å². The second-order valence-corrected chi connectivity index (χ2v) is 7.77. The van der Waals surface area contributed by atoms with Crippen LogP contribution in [0.3, 0.4) is 0 Å². The van der Waals surface area contributed by atoms with E-state index in [0.29, 0.717) is 23.9 Å². The van der Waals surface area contributed by atoms with Crippen molar-refractivity contribution in [3.05, 3.63) is 29.3 Å². The molecule has 0 bridgehead atoms. The van der Waals surface area contributed by atoms with Gasteiger partial charge in [-0.05, 0) is 55.9 Å². The Morgan fingerprint density at radius 2 is 1.95 bits per heavy atom. The van der Waals surface area contributed by atoms with E-state index < -0.39 is 10.0 Å². The largest absolute Gasteiger partial charge is 0.329 e. The number of nitrogens with two attached hydrogens (primary N) is 1. The molecular weight excluding hydrogens is 308 g/mol. The van der Waals surface area contributed by atoms with Gasteiger partial charge < -0.3 is 5.73 Å². The molecular formula is C15H25ClN2O2S. The molecule has 2 N–H and O–H groups in total. The van der Waals surface area contributed by atoms with Gasteiger partial charge in [0.1, 0.15) is 0 Å². The summed E-state index contributed by atoms with van der Waals surface area (Å²) in [6, 6.07) is 5.25. The van der Waals surface area contributed by atoms with Gasteiger partial charge in [-0.15, -0.1) is 12.4 Å². The summed E-state index contributed by atoms with van der Waals surface area (Å²) in [5.41, 5.74) is 7.88. The highest BCUT2D eigenvalue weighted by atomic mass is 35.5. The fourth-order valence-electron chi connectivity index (χ4n) is 2.77. The summed E-state index contributed by atoms with van der Waals surface area (Å²) in [5.74, 6) is 0.537. The van der Waals surface area contributed by atoms with Crippen molar-refractivity contribution in [2.75, 3.05) is 13.1 Å². The van der Waals surface area contributed by atoms with Gasteiger partial charge in [-0.1, -0.05) is 13.0 Å². The third kappa shape index (κ3) is 3.77. The van der Waals surface area contributed by atoms with Crippen LogP contribution >= 0.6 is 12.4 Å². The summed E-state index contributed by atoms with van der Waals surface area (Å²) < 4.78 is 27.2. The molecule has 1 aliphatic rings. The smallest absolute Gasteiger partial charge is 0.243 e. The Morgan fingerprint density at radius 3 is 2.52 bits per heavy atom. The number of rotatable bonds is 3. The molecule has 1 aromatic carbocycles. The Balaban J connectivity index is 0.00000220. The molecule has 2 unspecified atom stereocenters. The Bertz CT molecular complexity index is 589. The summed E-state index contributed by atoms with van der Waals surface area (Å²) in [5, 5.41) is 0. The van der Waals surface area contributed by atoms with E-state index in [1.807, 2.05) is 19.9 Å². The topological polar surface area (TPSA) is 63.4 Å². The molecule has 0 saturated carbocycles. The summed E-state index contributed by atoms with van der Waals surface area (Å²) in [6.45, 7) is 7.03. The molecule has 1 heterocycles. The van der Waals surface area contributed by atoms with Crippen LogP contribution in [-0.4, -0.2) is 31.9 Å². The van der Waals surface area contributed by atoms with Crippen LogP contribution < -0.4 is 5.73 Å². The number of halogens is 1. The second-order valence-electron chi connectivity index (χ2n) is 5.88. The maximum atomic E-state index is 12.8. The van der Waals surface area contributed by atoms with Gasteiger partial charge in [0.15, 0.2) is 0 Å². The molecule has 1 saturated heterocycles. The van der Waals surface area contributed by atoms with E-state index in [9.17, 15) is 8.42 Å². The third-order valence-corrected chi connectivity index (χ3v) is 6.23. The van der Waals surface area contributed by atoms with Gasteiger partial charge in [0.25, 0.3) is 0 Å². The molecule has 21 heavy (non-hydrogen) atoms. The zero-order valence-corrected chi connectivity index (χ0v) is 14.5. The highest BCUT2D eigenvalue weighted by Crippen LogP contribution is 2.28. The van der Waals surface area contributed by atoms with E-state index in [0.717, 1.165) is 24.0 Å². The summed E-state index contributed by atoms with van der Waals surface area (Å²) in [7, 11) is -3.43. The monoisotopic (exact) mass is 332 g/mol. The first-order valence-electron chi connectivity index (χ1n) is 7.15. The van der Waals surface area contributed by atoms with Gasteiger partial charge in [-0.25, -0.2) is 8.42 Å². The predicted molar refractivity (Wildman–Crippen MR) is 88.3 cm³/mol. The van der Waals surface area contributed by atoms with Gasteiger partial charge in [-0.2, -0.15) is 4.31 Å². The zero-order valence-electron chi connectivity index (χ0n) is 12.9. The molecule has 0 aromatic heterocycles. The first-order valence-corrected chi connectivity index (χ1v) is 8.59. The molecule has 0 spiro atoms. The lowest BCUT2D eigenvalue weighted by Gasteiger charge is -2.36. The van der Waals surface area contributed by atoms with Crippen molar-refractivity contribution in [1.29, 1.82) is 0 Å². The van der Waals surface area contributed by atoms with E-state index in [4.69, 9.17) is 5.73 Å². The van der Waals surface area contributed by atoms with Crippen LogP contribution in [0.1, 0.15) is 30.9 Å². The van der Waals surface area contributed by atoms with Gasteiger partial charge in [-0.3, -0.25) is 0 Å². The number of piperidine rings is 1. The average Bonchev–Trinajstić information content (AvgIpc) is 2.41. The summed E-state index contributed by atoms with van der Waals surface area (Å²) in [6.07, 6.45) is 1.75. The summed E-state index contributed by atoms with van der Waals surface area (Å²) in [4.78, 5) is 0.383. The minimum atomic E-state index is -3.43. The molecule has 4 nitrogen and oxygen atoms in total. The van der Waals surface area contributed by atoms with Gasteiger partial charge in [0.05, 0.1) is 4.90 Å². The van der Waals surface area contributed by atoms with E-state index in [2.05, 4.69) is 6.92 Å². The van der Waals surface area contributed by atoms with Crippen LogP contribution in [0.5, 0.6) is 0 Å². The predicted octanol–water partition coefficient (Wildman–Crippen LogP) is 2.47. The zero-order chi connectivity index (χ0) is 14.9. The van der Waals surface area contributed by atoms with Crippen molar-refractivity contribution in [1.82, 2.24) is 4.31 Å². The standard InChI is InChI=1S/C15H24N2O2S.ClH/c1-11-6-7-17(14(8-11)10-16)20(18,19)15-5-4-12(2)13(3)9-15;/h4-5,9,11,14H,6-8,10,16H2,1-3H3;1H. The molecule has 2 rings (SSSR count). The van der Waals surface area contributed by atoms with E-state index in [-0.39, 0.29) is 18.4 Å².